The minimum Gasteiger partial charge on any atom is -0.388 e. The molecule has 1 heterocycles. The van der Waals surface area contributed by atoms with Gasteiger partial charge in [0, 0.05) is 5.75 Å². The monoisotopic (exact) mass is 212 g/mol. The van der Waals surface area contributed by atoms with Crippen molar-refractivity contribution in [2.24, 2.45) is 0 Å². The fraction of sp³-hybridized carbons (Fsp3) is 1.00. The van der Waals surface area contributed by atoms with Crippen LogP contribution < -0.4 is 0 Å². The van der Waals surface area contributed by atoms with E-state index < -0.39 is 29.9 Å². The van der Waals surface area contributed by atoms with Gasteiger partial charge in [0.25, 0.3) is 0 Å². The Hall–Kier alpha value is 0.540. The maximum absolute atomic E-state index is 9.31. The maximum Gasteiger partial charge on any atom is 0.129 e. The highest BCUT2D eigenvalue weighted by atomic mass is 32.1. The third-order valence-corrected chi connectivity index (χ3v) is 2.65. The molecule has 0 aliphatic carbocycles. The van der Waals surface area contributed by atoms with Crippen molar-refractivity contribution < 1.29 is 20.1 Å². The van der Waals surface area contributed by atoms with E-state index in [1.165, 1.54) is 0 Å². The van der Waals surface area contributed by atoms with Gasteiger partial charge in [-0.25, -0.2) is 0 Å². The second kappa shape index (κ2) is 4.17. The summed E-state index contributed by atoms with van der Waals surface area (Å²) in [6.07, 6.45) is -4.03. The van der Waals surface area contributed by atoms with E-state index in [4.69, 9.17) is 4.74 Å². The lowest BCUT2D eigenvalue weighted by Gasteiger charge is -2.38. The molecule has 1 saturated heterocycles. The Morgan fingerprint density at radius 3 is 2.17 bits per heavy atom. The molecule has 4 nitrogen and oxygen atoms in total. The van der Waals surface area contributed by atoms with Gasteiger partial charge in [-0.1, -0.05) is 0 Å². The van der Waals surface area contributed by atoms with Gasteiger partial charge in [-0.05, 0) is 0 Å². The fourth-order valence-electron chi connectivity index (χ4n) is 1.08. The van der Waals surface area contributed by atoms with Crippen LogP contribution in [0.2, 0.25) is 0 Å². The van der Waals surface area contributed by atoms with Crippen LogP contribution in [0.3, 0.4) is 0 Å². The van der Waals surface area contributed by atoms with Crippen LogP contribution in [0, 0.1) is 0 Å². The van der Waals surface area contributed by atoms with E-state index in [9.17, 15) is 15.3 Å². The molecule has 0 spiro atoms. The first-order chi connectivity index (χ1) is 5.57. The Kier molecular flexibility index (Phi) is 3.69. The number of rotatable bonds is 1. The Labute approximate surface area is 81.4 Å². The summed E-state index contributed by atoms with van der Waals surface area (Å²) in [4.78, 5) is 0. The molecule has 1 rings (SSSR count). The molecule has 72 valence electrons. The molecule has 0 aromatic heterocycles. The number of ether oxygens (including phenoxy) is 1. The lowest BCUT2D eigenvalue weighted by molar-refractivity contribution is -0.190. The molecule has 5 atom stereocenters. The second-order valence-corrected chi connectivity index (χ2v) is 3.59. The van der Waals surface area contributed by atoms with Crippen LogP contribution in [0.5, 0.6) is 0 Å². The Morgan fingerprint density at radius 1 is 1.08 bits per heavy atom. The largest absolute Gasteiger partial charge is 0.388 e. The van der Waals surface area contributed by atoms with Crippen molar-refractivity contribution in [3.63, 3.8) is 0 Å². The molecule has 0 aromatic carbocycles. The van der Waals surface area contributed by atoms with Crippen LogP contribution in [0.4, 0.5) is 0 Å². The molecule has 0 saturated carbocycles. The van der Waals surface area contributed by atoms with Crippen molar-refractivity contribution in [1.29, 1.82) is 0 Å². The van der Waals surface area contributed by atoms with Gasteiger partial charge in [0.2, 0.25) is 0 Å². The van der Waals surface area contributed by atoms with E-state index in [1.54, 1.807) is 0 Å². The Morgan fingerprint density at radius 2 is 1.67 bits per heavy atom. The molecule has 5 unspecified atom stereocenters. The molecule has 1 fully saturated rings. The molecule has 1 aliphatic heterocycles. The van der Waals surface area contributed by atoms with Crippen molar-refractivity contribution in [2.75, 3.05) is 5.75 Å². The zero-order chi connectivity index (χ0) is 9.30. The zero-order valence-corrected chi connectivity index (χ0v) is 8.03. The summed E-state index contributed by atoms with van der Waals surface area (Å²) >= 11 is 7.81. The number of aliphatic hydroxyl groups is 3. The van der Waals surface area contributed by atoms with Gasteiger partial charge in [-0.15, -0.1) is 12.6 Å². The van der Waals surface area contributed by atoms with E-state index in [2.05, 4.69) is 25.3 Å². The van der Waals surface area contributed by atoms with Crippen molar-refractivity contribution >= 4 is 25.3 Å². The van der Waals surface area contributed by atoms with Crippen LogP contribution in [-0.4, -0.2) is 50.9 Å². The molecular weight excluding hydrogens is 200 g/mol. The quantitative estimate of drug-likeness (QED) is 0.349. The minimum absolute atomic E-state index is 0.280. The first kappa shape index (κ1) is 10.6. The standard InChI is InChI=1S/C6H12O4S2/c7-3-2(1-11)10-6(12)5(9)4(3)8/h2-9,11-12H,1H2. The van der Waals surface area contributed by atoms with Gasteiger partial charge in [0.05, 0.1) is 6.10 Å². The number of hydrogen-bond donors (Lipinski definition) is 5. The fourth-order valence-corrected chi connectivity index (χ4v) is 1.72. The van der Waals surface area contributed by atoms with Crippen molar-refractivity contribution in [3.05, 3.63) is 0 Å². The second-order valence-electron chi connectivity index (χ2n) is 2.72. The van der Waals surface area contributed by atoms with Crippen LogP contribution in [-0.2, 0) is 4.74 Å². The topological polar surface area (TPSA) is 69.9 Å². The first-order valence-electron chi connectivity index (χ1n) is 3.56. The molecule has 1 aliphatic rings. The highest BCUT2D eigenvalue weighted by Gasteiger charge is 2.41. The minimum atomic E-state index is -1.21. The molecule has 6 heteroatoms. The highest BCUT2D eigenvalue weighted by molar-refractivity contribution is 7.81. The predicted octanol–water partition coefficient (Wildman–Crippen LogP) is -1.35. The number of aliphatic hydroxyl groups excluding tert-OH is 3. The summed E-state index contributed by atoms with van der Waals surface area (Å²) < 4.78 is 5.06. The van der Waals surface area contributed by atoms with Crippen molar-refractivity contribution in [3.8, 4) is 0 Å². The Balaban J connectivity index is 2.63. The van der Waals surface area contributed by atoms with Gasteiger partial charge in [0.1, 0.15) is 23.7 Å². The molecule has 0 bridgehead atoms. The summed E-state index contributed by atoms with van der Waals surface area (Å²) in [5.41, 5.74) is -0.763. The van der Waals surface area contributed by atoms with E-state index >= 15 is 0 Å². The molecule has 0 aromatic rings. The predicted molar refractivity (Wildman–Crippen MR) is 49.5 cm³/mol. The lowest BCUT2D eigenvalue weighted by atomic mass is 10.0. The molecule has 12 heavy (non-hydrogen) atoms. The van der Waals surface area contributed by atoms with Crippen LogP contribution >= 0.6 is 25.3 Å². The molecule has 0 radical (unpaired) electrons. The summed E-state index contributed by atoms with van der Waals surface area (Å²) in [6.45, 7) is 0. The SMILES string of the molecule is OC1C(S)OC(CS)C(O)C1O. The third kappa shape index (κ3) is 1.89. The van der Waals surface area contributed by atoms with Crippen LogP contribution in [0.15, 0.2) is 0 Å². The maximum atomic E-state index is 9.31. The van der Waals surface area contributed by atoms with Crippen LogP contribution in [0.1, 0.15) is 0 Å². The van der Waals surface area contributed by atoms with E-state index in [0.29, 0.717) is 0 Å². The van der Waals surface area contributed by atoms with Crippen molar-refractivity contribution in [2.45, 2.75) is 29.9 Å². The van der Waals surface area contributed by atoms with Gasteiger partial charge in [-0.2, -0.15) is 12.6 Å². The third-order valence-electron chi connectivity index (χ3n) is 1.87. The van der Waals surface area contributed by atoms with Gasteiger partial charge in [0.15, 0.2) is 0 Å². The zero-order valence-electron chi connectivity index (χ0n) is 6.24. The summed E-state index contributed by atoms with van der Waals surface area (Å²) in [5, 5.41) is 27.8. The highest BCUT2D eigenvalue weighted by Crippen LogP contribution is 2.23. The average Bonchev–Trinajstić information content (AvgIpc) is 2.08. The van der Waals surface area contributed by atoms with Gasteiger partial charge < -0.3 is 20.1 Å². The lowest BCUT2D eigenvalue weighted by Crippen LogP contribution is -2.56. The smallest absolute Gasteiger partial charge is 0.129 e. The van der Waals surface area contributed by atoms with Gasteiger partial charge in [-0.3, -0.25) is 0 Å². The van der Waals surface area contributed by atoms with E-state index in [-0.39, 0.29) is 5.75 Å². The van der Waals surface area contributed by atoms with Crippen molar-refractivity contribution in [1.82, 2.24) is 0 Å². The molecule has 3 N–H and O–H groups in total. The number of thiol groups is 2. The molecular formula is C6H12O4S2. The number of hydrogen-bond acceptors (Lipinski definition) is 6. The molecule has 0 amide bonds. The average molecular weight is 212 g/mol. The Bertz CT molecular complexity index is 152. The normalized spacial score (nSPS) is 49.2. The van der Waals surface area contributed by atoms with E-state index in [0.717, 1.165) is 0 Å². The summed E-state index contributed by atoms with van der Waals surface area (Å²) in [7, 11) is 0. The van der Waals surface area contributed by atoms with E-state index in [1.807, 2.05) is 0 Å². The summed E-state index contributed by atoms with van der Waals surface area (Å²) in [5.74, 6) is 0.280. The summed E-state index contributed by atoms with van der Waals surface area (Å²) in [6, 6.07) is 0. The first-order valence-corrected chi connectivity index (χ1v) is 4.71. The van der Waals surface area contributed by atoms with Crippen LogP contribution in [0.25, 0.3) is 0 Å². The van der Waals surface area contributed by atoms with Gasteiger partial charge >= 0.3 is 0 Å².